The van der Waals surface area contributed by atoms with Crippen LogP contribution in [0.1, 0.15) is 38.8 Å². The number of nitrogens with zero attached hydrogens (tertiary/aromatic N) is 1. The number of amides is 2. The monoisotopic (exact) mass is 449 g/mol. The molecule has 2 amide bonds. The molecule has 0 saturated carbocycles. The van der Waals surface area contributed by atoms with Gasteiger partial charge in [-0.15, -0.1) is 0 Å². The zero-order valence-electron chi connectivity index (χ0n) is 17.4. The number of esters is 1. The molecule has 7 nitrogen and oxygen atoms in total. The molecule has 0 radical (unpaired) electrons. The van der Waals surface area contributed by atoms with E-state index in [0.29, 0.717) is 27.4 Å². The van der Waals surface area contributed by atoms with Crippen molar-refractivity contribution >= 4 is 41.3 Å². The third kappa shape index (κ3) is 6.26. The second kappa shape index (κ2) is 10.4. The van der Waals surface area contributed by atoms with Crippen LogP contribution >= 0.6 is 11.6 Å². The van der Waals surface area contributed by atoms with E-state index in [9.17, 15) is 14.4 Å². The smallest absolute Gasteiger partial charge is 0.343 e. The number of carbonyl (C=O) groups is 3. The Bertz CT molecular complexity index is 1190. The number of aryl methyl sites for hydroxylation is 1. The summed E-state index contributed by atoms with van der Waals surface area (Å²) in [4.78, 5) is 35.8. The Kier molecular flexibility index (Phi) is 7.36. The maximum absolute atomic E-state index is 12.5. The third-order valence-corrected chi connectivity index (χ3v) is 4.50. The van der Waals surface area contributed by atoms with Crippen LogP contribution in [-0.4, -0.2) is 24.0 Å². The summed E-state index contributed by atoms with van der Waals surface area (Å²) < 4.78 is 5.49. The maximum Gasteiger partial charge on any atom is 0.343 e. The van der Waals surface area contributed by atoms with E-state index in [4.69, 9.17) is 16.3 Å². The van der Waals surface area contributed by atoms with Crippen molar-refractivity contribution in [1.29, 1.82) is 0 Å². The molecule has 0 bridgehead atoms. The van der Waals surface area contributed by atoms with E-state index in [-0.39, 0.29) is 11.7 Å². The molecule has 0 aromatic heterocycles. The van der Waals surface area contributed by atoms with Crippen LogP contribution in [0.25, 0.3) is 0 Å². The highest BCUT2D eigenvalue weighted by molar-refractivity contribution is 6.31. The lowest BCUT2D eigenvalue weighted by Crippen LogP contribution is -2.18. The summed E-state index contributed by atoms with van der Waals surface area (Å²) in [6.07, 6.45) is 1.34. The van der Waals surface area contributed by atoms with Gasteiger partial charge in [-0.2, -0.15) is 5.10 Å². The van der Waals surface area contributed by atoms with Gasteiger partial charge in [-0.3, -0.25) is 9.59 Å². The number of rotatable bonds is 6. The fourth-order valence-electron chi connectivity index (χ4n) is 2.78. The summed E-state index contributed by atoms with van der Waals surface area (Å²) in [6, 6.07) is 18.1. The molecule has 0 spiro atoms. The van der Waals surface area contributed by atoms with E-state index < -0.39 is 11.9 Å². The van der Waals surface area contributed by atoms with Crippen molar-refractivity contribution < 1.29 is 19.1 Å². The van der Waals surface area contributed by atoms with Crippen molar-refractivity contribution in [2.45, 2.75) is 13.8 Å². The largest absolute Gasteiger partial charge is 0.422 e. The van der Waals surface area contributed by atoms with Crippen LogP contribution in [0.2, 0.25) is 5.02 Å². The summed E-state index contributed by atoms with van der Waals surface area (Å²) in [5.74, 6) is -0.921. The van der Waals surface area contributed by atoms with Gasteiger partial charge < -0.3 is 10.1 Å². The third-order valence-electron chi connectivity index (χ3n) is 4.27. The summed E-state index contributed by atoms with van der Waals surface area (Å²) in [7, 11) is 0. The zero-order chi connectivity index (χ0) is 23.1. The molecular weight excluding hydrogens is 430 g/mol. The highest BCUT2D eigenvalue weighted by atomic mass is 35.5. The summed E-state index contributed by atoms with van der Waals surface area (Å²) >= 11 is 6.06. The fourth-order valence-corrected chi connectivity index (χ4v) is 2.96. The van der Waals surface area contributed by atoms with Crippen molar-refractivity contribution in [3.8, 4) is 5.75 Å². The number of carbonyl (C=O) groups excluding carboxylic acids is 3. The minimum absolute atomic E-state index is 0.202. The quantitative estimate of drug-likeness (QED) is 0.249. The van der Waals surface area contributed by atoms with E-state index in [1.807, 2.05) is 13.0 Å². The number of hydrogen-bond donors (Lipinski definition) is 2. The Morgan fingerprint density at radius 2 is 1.72 bits per heavy atom. The number of hydrazone groups is 1. The molecule has 0 aliphatic rings. The average molecular weight is 450 g/mol. The zero-order valence-corrected chi connectivity index (χ0v) is 18.1. The Balaban J connectivity index is 1.70. The fraction of sp³-hybridized carbons (Fsp3) is 0.0833. The number of halogens is 1. The Morgan fingerprint density at radius 3 is 2.41 bits per heavy atom. The number of anilines is 1. The molecule has 0 saturated heterocycles. The van der Waals surface area contributed by atoms with Gasteiger partial charge in [-0.25, -0.2) is 10.2 Å². The molecule has 3 aromatic carbocycles. The predicted octanol–water partition coefficient (Wildman–Crippen LogP) is 4.59. The van der Waals surface area contributed by atoms with E-state index in [1.54, 1.807) is 60.7 Å². The van der Waals surface area contributed by atoms with Crippen LogP contribution in [0, 0.1) is 6.92 Å². The number of nitrogens with one attached hydrogen (secondary N) is 2. The van der Waals surface area contributed by atoms with E-state index >= 15 is 0 Å². The van der Waals surface area contributed by atoms with Gasteiger partial charge in [0.25, 0.3) is 5.91 Å². The number of benzene rings is 3. The molecule has 0 aliphatic heterocycles. The van der Waals surface area contributed by atoms with Crippen molar-refractivity contribution in [2.75, 3.05) is 5.32 Å². The average Bonchev–Trinajstić information content (AvgIpc) is 2.75. The van der Waals surface area contributed by atoms with Gasteiger partial charge in [-0.05, 0) is 61.5 Å². The summed E-state index contributed by atoms with van der Waals surface area (Å²) in [5.41, 5.74) is 5.11. The normalized spacial score (nSPS) is 10.6. The highest BCUT2D eigenvalue weighted by Crippen LogP contribution is 2.22. The molecule has 8 heteroatoms. The van der Waals surface area contributed by atoms with Gasteiger partial charge >= 0.3 is 5.97 Å². The first-order chi connectivity index (χ1) is 15.3. The molecule has 2 N–H and O–H groups in total. The van der Waals surface area contributed by atoms with Gasteiger partial charge in [0.1, 0.15) is 5.75 Å². The van der Waals surface area contributed by atoms with Crippen LogP contribution in [0.3, 0.4) is 0 Å². The highest BCUT2D eigenvalue weighted by Gasteiger charge is 2.12. The minimum atomic E-state index is -0.519. The Labute approximate surface area is 190 Å². The van der Waals surface area contributed by atoms with Crippen LogP contribution < -0.4 is 15.5 Å². The summed E-state index contributed by atoms with van der Waals surface area (Å²) in [6.45, 7) is 3.28. The summed E-state index contributed by atoms with van der Waals surface area (Å²) in [5, 5.41) is 6.98. The van der Waals surface area contributed by atoms with Gasteiger partial charge in [0.15, 0.2) is 0 Å². The Hall–Kier alpha value is -3.97. The first kappa shape index (κ1) is 22.7. The molecule has 0 aliphatic carbocycles. The lowest BCUT2D eigenvalue weighted by atomic mass is 10.1. The molecule has 162 valence electrons. The van der Waals surface area contributed by atoms with Crippen LogP contribution in [-0.2, 0) is 4.79 Å². The molecule has 3 rings (SSSR count). The number of hydrogen-bond acceptors (Lipinski definition) is 5. The molecule has 32 heavy (non-hydrogen) atoms. The van der Waals surface area contributed by atoms with Crippen molar-refractivity contribution in [1.82, 2.24) is 5.43 Å². The second-order valence-electron chi connectivity index (χ2n) is 6.90. The molecule has 0 heterocycles. The lowest BCUT2D eigenvalue weighted by Gasteiger charge is -2.08. The molecule has 0 fully saturated rings. The molecular formula is C24H20ClN3O4. The first-order valence-electron chi connectivity index (χ1n) is 9.61. The van der Waals surface area contributed by atoms with Crippen molar-refractivity contribution in [3.05, 3.63) is 94.0 Å². The second-order valence-corrected chi connectivity index (χ2v) is 7.34. The predicted molar refractivity (Wildman–Crippen MR) is 123 cm³/mol. The van der Waals surface area contributed by atoms with Gasteiger partial charge in [0.2, 0.25) is 5.91 Å². The minimum Gasteiger partial charge on any atom is -0.422 e. The Morgan fingerprint density at radius 1 is 0.969 bits per heavy atom. The van der Waals surface area contributed by atoms with Crippen LogP contribution in [0.4, 0.5) is 5.69 Å². The van der Waals surface area contributed by atoms with Gasteiger partial charge in [0.05, 0.1) is 11.8 Å². The van der Waals surface area contributed by atoms with Gasteiger partial charge in [-0.1, -0.05) is 29.3 Å². The SMILES string of the molecule is CC(=O)Nc1ccc(C(=O)N/N=C/c2cc(Cl)ccc2OC(=O)c2cccc(C)c2)cc1. The van der Waals surface area contributed by atoms with Gasteiger partial charge in [0, 0.05) is 28.8 Å². The molecule has 0 atom stereocenters. The first-order valence-corrected chi connectivity index (χ1v) is 9.99. The maximum atomic E-state index is 12.5. The standard InChI is InChI=1S/C24H20ClN3O4/c1-15-4-3-5-18(12-15)24(31)32-22-11-8-20(25)13-19(22)14-26-28-23(30)17-6-9-21(10-7-17)27-16(2)29/h3-14H,1-2H3,(H,27,29)(H,28,30)/b26-14+. The lowest BCUT2D eigenvalue weighted by molar-refractivity contribution is -0.114. The molecule has 0 unspecified atom stereocenters. The molecule has 3 aromatic rings. The van der Waals surface area contributed by atoms with E-state index in [1.165, 1.54) is 13.1 Å². The van der Waals surface area contributed by atoms with Crippen LogP contribution in [0.15, 0.2) is 71.8 Å². The number of ether oxygens (including phenoxy) is 1. The van der Waals surface area contributed by atoms with E-state index in [0.717, 1.165) is 5.56 Å². The van der Waals surface area contributed by atoms with Crippen molar-refractivity contribution in [2.24, 2.45) is 5.10 Å². The van der Waals surface area contributed by atoms with Crippen molar-refractivity contribution in [3.63, 3.8) is 0 Å². The topological polar surface area (TPSA) is 96.9 Å². The van der Waals surface area contributed by atoms with Crippen LogP contribution in [0.5, 0.6) is 5.75 Å². The van der Waals surface area contributed by atoms with E-state index in [2.05, 4.69) is 15.8 Å².